The van der Waals surface area contributed by atoms with E-state index >= 15 is 0 Å². The molecule has 1 saturated heterocycles. The zero-order chi connectivity index (χ0) is 15.3. The number of halogens is 1. The van der Waals surface area contributed by atoms with Crippen molar-refractivity contribution in [3.05, 3.63) is 15.7 Å². The Kier molecular flexibility index (Phi) is 3.75. The number of ether oxygens (including phenoxy) is 1. The van der Waals surface area contributed by atoms with Gasteiger partial charge in [-0.1, -0.05) is 0 Å². The highest BCUT2D eigenvalue weighted by molar-refractivity contribution is 7.19. The van der Waals surface area contributed by atoms with Crippen LogP contribution in [0, 0.1) is 0 Å². The van der Waals surface area contributed by atoms with Crippen LogP contribution in [0.5, 0.6) is 0 Å². The maximum absolute atomic E-state index is 6.21. The van der Waals surface area contributed by atoms with E-state index in [1.54, 1.807) is 11.3 Å². The SMILES string of the molecule is CC1CN(c2nc(Cl)nc3sc4c(c23)CCCC4)CC(C)O1. The molecule has 2 aliphatic rings. The number of fused-ring (bicyclic) bond motifs is 3. The van der Waals surface area contributed by atoms with Crippen LogP contribution >= 0.6 is 22.9 Å². The fraction of sp³-hybridized carbons (Fsp3) is 0.625. The Hall–Kier alpha value is -0.910. The smallest absolute Gasteiger partial charge is 0.225 e. The minimum absolute atomic E-state index is 0.210. The third kappa shape index (κ3) is 2.49. The van der Waals surface area contributed by atoms with Crippen molar-refractivity contribution in [2.24, 2.45) is 0 Å². The summed E-state index contributed by atoms with van der Waals surface area (Å²) in [6, 6.07) is 0. The summed E-state index contributed by atoms with van der Waals surface area (Å²) >= 11 is 8.01. The molecule has 4 rings (SSSR count). The van der Waals surface area contributed by atoms with Gasteiger partial charge >= 0.3 is 0 Å². The first-order valence-electron chi connectivity index (χ1n) is 8.00. The predicted molar refractivity (Wildman–Crippen MR) is 91.3 cm³/mol. The van der Waals surface area contributed by atoms with Crippen LogP contribution < -0.4 is 4.90 Å². The zero-order valence-corrected chi connectivity index (χ0v) is 14.5. The second-order valence-corrected chi connectivity index (χ2v) is 7.79. The largest absolute Gasteiger partial charge is 0.372 e. The van der Waals surface area contributed by atoms with Crippen LogP contribution in [0.3, 0.4) is 0 Å². The van der Waals surface area contributed by atoms with Crippen molar-refractivity contribution in [3.63, 3.8) is 0 Å². The molecule has 0 N–H and O–H groups in total. The lowest BCUT2D eigenvalue weighted by molar-refractivity contribution is -0.00537. The molecule has 2 atom stereocenters. The van der Waals surface area contributed by atoms with E-state index in [0.717, 1.165) is 30.2 Å². The summed E-state index contributed by atoms with van der Waals surface area (Å²) in [4.78, 5) is 14.0. The number of hydrogen-bond donors (Lipinski definition) is 0. The van der Waals surface area contributed by atoms with Crippen LogP contribution in [0.25, 0.3) is 10.2 Å². The topological polar surface area (TPSA) is 38.2 Å². The minimum atomic E-state index is 0.210. The highest BCUT2D eigenvalue weighted by Gasteiger charge is 2.28. The van der Waals surface area contributed by atoms with Crippen molar-refractivity contribution in [2.75, 3.05) is 18.0 Å². The van der Waals surface area contributed by atoms with Gasteiger partial charge in [0.2, 0.25) is 5.28 Å². The van der Waals surface area contributed by atoms with Crippen LogP contribution in [0.15, 0.2) is 0 Å². The van der Waals surface area contributed by atoms with E-state index in [2.05, 4.69) is 28.7 Å². The lowest BCUT2D eigenvalue weighted by Crippen LogP contribution is -2.46. The van der Waals surface area contributed by atoms with Gasteiger partial charge in [0.1, 0.15) is 10.6 Å². The molecule has 0 saturated carbocycles. The van der Waals surface area contributed by atoms with E-state index in [1.165, 1.54) is 35.1 Å². The Morgan fingerprint density at radius 1 is 1.14 bits per heavy atom. The number of aromatic nitrogens is 2. The Labute approximate surface area is 139 Å². The molecule has 2 aromatic heterocycles. The molecule has 0 spiro atoms. The van der Waals surface area contributed by atoms with Crippen LogP contribution in [-0.4, -0.2) is 35.3 Å². The van der Waals surface area contributed by atoms with Gasteiger partial charge < -0.3 is 9.64 Å². The number of anilines is 1. The highest BCUT2D eigenvalue weighted by Crippen LogP contribution is 2.40. The predicted octanol–water partition coefficient (Wildman–Crippen LogP) is 3.84. The summed E-state index contributed by atoms with van der Waals surface area (Å²) in [6.45, 7) is 5.95. The summed E-state index contributed by atoms with van der Waals surface area (Å²) in [5.41, 5.74) is 1.46. The summed E-state index contributed by atoms with van der Waals surface area (Å²) in [5.74, 6) is 1.01. The standard InChI is InChI=1S/C16H20ClN3OS/c1-9-7-20(8-10(2)21-9)14-13-11-5-3-4-6-12(11)22-15(13)19-16(17)18-14/h9-10H,3-8H2,1-2H3. The van der Waals surface area contributed by atoms with Gasteiger partial charge in [0, 0.05) is 18.0 Å². The lowest BCUT2D eigenvalue weighted by atomic mass is 9.97. The van der Waals surface area contributed by atoms with Gasteiger partial charge in [0.05, 0.1) is 17.6 Å². The molecule has 4 nitrogen and oxygen atoms in total. The van der Waals surface area contributed by atoms with E-state index in [4.69, 9.17) is 16.3 Å². The van der Waals surface area contributed by atoms with E-state index in [9.17, 15) is 0 Å². The van der Waals surface area contributed by atoms with E-state index in [-0.39, 0.29) is 12.2 Å². The quantitative estimate of drug-likeness (QED) is 0.741. The maximum Gasteiger partial charge on any atom is 0.225 e. The molecule has 1 fully saturated rings. The number of hydrogen-bond acceptors (Lipinski definition) is 5. The van der Waals surface area contributed by atoms with Gasteiger partial charge in [-0.15, -0.1) is 11.3 Å². The van der Waals surface area contributed by atoms with Crippen molar-refractivity contribution < 1.29 is 4.74 Å². The van der Waals surface area contributed by atoms with Gasteiger partial charge in [-0.2, -0.15) is 4.98 Å². The molecule has 2 unspecified atom stereocenters. The first-order chi connectivity index (χ1) is 10.6. The van der Waals surface area contributed by atoms with E-state index in [1.807, 2.05) is 0 Å². The van der Waals surface area contributed by atoms with Gasteiger partial charge in [0.15, 0.2) is 0 Å². The third-order valence-electron chi connectivity index (χ3n) is 4.49. The Bertz CT molecular complexity index is 707. The van der Waals surface area contributed by atoms with Crippen molar-refractivity contribution in [2.45, 2.75) is 51.7 Å². The van der Waals surface area contributed by atoms with Crippen LogP contribution in [-0.2, 0) is 17.6 Å². The average molecular weight is 338 g/mol. The highest BCUT2D eigenvalue weighted by atomic mass is 35.5. The van der Waals surface area contributed by atoms with Gasteiger partial charge in [-0.05, 0) is 56.7 Å². The number of thiophene rings is 1. The van der Waals surface area contributed by atoms with E-state index < -0.39 is 0 Å². The average Bonchev–Trinajstić information content (AvgIpc) is 2.83. The molecule has 1 aliphatic heterocycles. The number of morpholine rings is 1. The number of rotatable bonds is 1. The molecule has 1 aliphatic carbocycles. The van der Waals surface area contributed by atoms with Gasteiger partial charge in [-0.3, -0.25) is 0 Å². The number of nitrogens with zero attached hydrogens (tertiary/aromatic N) is 3. The molecule has 22 heavy (non-hydrogen) atoms. The van der Waals surface area contributed by atoms with Crippen LogP contribution in [0.2, 0.25) is 5.28 Å². The molecule has 3 heterocycles. The second-order valence-electron chi connectivity index (χ2n) is 6.37. The zero-order valence-electron chi connectivity index (χ0n) is 12.9. The van der Waals surface area contributed by atoms with Gasteiger partial charge in [0.25, 0.3) is 0 Å². The fourth-order valence-electron chi connectivity index (χ4n) is 3.69. The minimum Gasteiger partial charge on any atom is -0.372 e. The summed E-state index contributed by atoms with van der Waals surface area (Å²) < 4.78 is 5.86. The maximum atomic E-state index is 6.21. The van der Waals surface area contributed by atoms with Crippen LogP contribution in [0.4, 0.5) is 5.82 Å². The Morgan fingerprint density at radius 3 is 2.64 bits per heavy atom. The van der Waals surface area contributed by atoms with E-state index in [0.29, 0.717) is 5.28 Å². The first-order valence-corrected chi connectivity index (χ1v) is 9.19. The molecule has 2 aromatic rings. The first kappa shape index (κ1) is 14.7. The molecular weight excluding hydrogens is 318 g/mol. The normalized spacial score (nSPS) is 25.5. The second kappa shape index (κ2) is 5.62. The van der Waals surface area contributed by atoms with Crippen LogP contribution in [0.1, 0.15) is 37.1 Å². The molecule has 0 aromatic carbocycles. The van der Waals surface area contributed by atoms with Crippen molar-refractivity contribution in [1.82, 2.24) is 9.97 Å². The van der Waals surface area contributed by atoms with Crippen molar-refractivity contribution in [3.8, 4) is 0 Å². The summed E-state index contributed by atoms with van der Waals surface area (Å²) in [7, 11) is 0. The third-order valence-corrected chi connectivity index (χ3v) is 5.84. The monoisotopic (exact) mass is 337 g/mol. The molecule has 6 heteroatoms. The Balaban J connectivity index is 1.87. The molecular formula is C16H20ClN3OS. The fourth-order valence-corrected chi connectivity index (χ4v) is 5.16. The van der Waals surface area contributed by atoms with Gasteiger partial charge in [-0.25, -0.2) is 4.98 Å². The summed E-state index contributed by atoms with van der Waals surface area (Å²) in [6.07, 6.45) is 5.27. The molecule has 0 bridgehead atoms. The molecule has 118 valence electrons. The molecule has 0 amide bonds. The number of aryl methyl sites for hydroxylation is 2. The molecule has 0 radical (unpaired) electrons. The van der Waals surface area contributed by atoms with Crippen molar-refractivity contribution >= 4 is 39.0 Å². The van der Waals surface area contributed by atoms with Crippen molar-refractivity contribution in [1.29, 1.82) is 0 Å². The summed E-state index contributed by atoms with van der Waals surface area (Å²) in [5, 5.41) is 1.60. The Morgan fingerprint density at radius 2 is 1.86 bits per heavy atom. The lowest BCUT2D eigenvalue weighted by Gasteiger charge is -2.36.